The number of carbonyl (C=O) groups excluding carboxylic acids is 2. The maximum Gasteiger partial charge on any atom is 0.257 e. The van der Waals surface area contributed by atoms with Gasteiger partial charge in [0.25, 0.3) is 5.91 Å². The Bertz CT molecular complexity index is 867. The number of aromatic nitrogens is 1. The number of rotatable bonds is 2. The zero-order valence-electron chi connectivity index (χ0n) is 11.8. The molecule has 0 aliphatic carbocycles. The molecule has 0 spiro atoms. The third-order valence-electron chi connectivity index (χ3n) is 4.10. The summed E-state index contributed by atoms with van der Waals surface area (Å²) in [6.07, 6.45) is 2.08. The largest absolute Gasteiger partial charge is 0.334 e. The molecule has 3 aromatic rings. The number of anilines is 1. The Balaban J connectivity index is 1.76. The predicted molar refractivity (Wildman–Crippen MR) is 84.5 cm³/mol. The summed E-state index contributed by atoms with van der Waals surface area (Å²) in [6.45, 7) is 0. The Morgan fingerprint density at radius 3 is 2.41 bits per heavy atom. The monoisotopic (exact) mass is 290 g/mol. The van der Waals surface area contributed by atoms with Crippen molar-refractivity contribution in [1.29, 1.82) is 0 Å². The van der Waals surface area contributed by atoms with Crippen molar-refractivity contribution in [3.05, 3.63) is 66.9 Å². The molecule has 1 aliphatic rings. The van der Waals surface area contributed by atoms with Gasteiger partial charge in [-0.1, -0.05) is 36.4 Å². The second-order valence-corrected chi connectivity index (χ2v) is 5.40. The van der Waals surface area contributed by atoms with Gasteiger partial charge in [0.15, 0.2) is 0 Å². The molecule has 0 saturated carbocycles. The van der Waals surface area contributed by atoms with Crippen LogP contribution in [0.2, 0.25) is 0 Å². The summed E-state index contributed by atoms with van der Waals surface area (Å²) in [7, 11) is 0. The van der Waals surface area contributed by atoms with E-state index in [9.17, 15) is 9.59 Å². The summed E-state index contributed by atoms with van der Waals surface area (Å²) in [4.78, 5) is 26.4. The number of fused-ring (bicyclic) bond motifs is 1. The minimum atomic E-state index is -0.465. The van der Waals surface area contributed by atoms with Crippen LogP contribution < -0.4 is 4.90 Å². The van der Waals surface area contributed by atoms with Gasteiger partial charge in [0, 0.05) is 11.7 Å². The minimum absolute atomic E-state index is 0.154. The second-order valence-electron chi connectivity index (χ2n) is 5.40. The van der Waals surface area contributed by atoms with E-state index in [0.29, 0.717) is 5.69 Å². The smallest absolute Gasteiger partial charge is 0.257 e. The van der Waals surface area contributed by atoms with Crippen LogP contribution in [0.5, 0.6) is 0 Å². The average Bonchev–Trinajstić information content (AvgIpc) is 3.09. The van der Waals surface area contributed by atoms with Crippen molar-refractivity contribution in [1.82, 2.24) is 4.57 Å². The zero-order valence-corrected chi connectivity index (χ0v) is 11.8. The lowest BCUT2D eigenvalue weighted by molar-refractivity contribution is -0.122. The van der Waals surface area contributed by atoms with Gasteiger partial charge in [-0.3, -0.25) is 9.59 Å². The molecular weight excluding hydrogens is 276 g/mol. The molecule has 4 rings (SSSR count). The molecule has 1 aliphatic heterocycles. The van der Waals surface area contributed by atoms with E-state index in [1.807, 2.05) is 59.3 Å². The van der Waals surface area contributed by atoms with E-state index < -0.39 is 6.04 Å². The zero-order chi connectivity index (χ0) is 15.1. The molecule has 22 heavy (non-hydrogen) atoms. The molecular formula is C18H14N2O2. The summed E-state index contributed by atoms with van der Waals surface area (Å²) in [6, 6.07) is 18.5. The number of benzene rings is 2. The van der Waals surface area contributed by atoms with Gasteiger partial charge in [-0.05, 0) is 29.7 Å². The molecule has 0 N–H and O–H groups in total. The molecule has 1 aromatic heterocycles. The van der Waals surface area contributed by atoms with Crippen molar-refractivity contribution in [2.24, 2.45) is 0 Å². The number of amides is 2. The lowest BCUT2D eigenvalue weighted by Crippen LogP contribution is -2.30. The van der Waals surface area contributed by atoms with Crippen molar-refractivity contribution in [2.75, 3.05) is 4.90 Å². The highest BCUT2D eigenvalue weighted by molar-refractivity contribution is 6.21. The summed E-state index contributed by atoms with van der Waals surface area (Å²) >= 11 is 0. The third-order valence-corrected chi connectivity index (χ3v) is 4.10. The van der Waals surface area contributed by atoms with Crippen molar-refractivity contribution in [3.8, 4) is 0 Å². The van der Waals surface area contributed by atoms with Crippen molar-refractivity contribution in [3.63, 3.8) is 0 Å². The molecule has 0 bridgehead atoms. The van der Waals surface area contributed by atoms with E-state index in [4.69, 9.17) is 0 Å². The first-order valence-corrected chi connectivity index (χ1v) is 7.23. The van der Waals surface area contributed by atoms with E-state index in [1.165, 1.54) is 4.90 Å². The normalized spacial score (nSPS) is 18.4. The van der Waals surface area contributed by atoms with Crippen LogP contribution in [0.4, 0.5) is 5.69 Å². The van der Waals surface area contributed by atoms with Gasteiger partial charge < -0.3 is 4.57 Å². The highest BCUT2D eigenvalue weighted by Crippen LogP contribution is 2.32. The van der Waals surface area contributed by atoms with Crippen LogP contribution >= 0.6 is 0 Å². The number of hydrogen-bond donors (Lipinski definition) is 0. The summed E-state index contributed by atoms with van der Waals surface area (Å²) in [5.41, 5.74) is 1.61. The maximum absolute atomic E-state index is 12.7. The van der Waals surface area contributed by atoms with Crippen LogP contribution in [0, 0.1) is 0 Å². The van der Waals surface area contributed by atoms with Gasteiger partial charge >= 0.3 is 0 Å². The quantitative estimate of drug-likeness (QED) is 0.680. The van der Waals surface area contributed by atoms with Gasteiger partial charge in [0.05, 0.1) is 12.1 Å². The van der Waals surface area contributed by atoms with E-state index in [2.05, 4.69) is 0 Å². The Labute approximate surface area is 127 Å². The van der Waals surface area contributed by atoms with Crippen molar-refractivity contribution < 1.29 is 9.59 Å². The summed E-state index contributed by atoms with van der Waals surface area (Å²) in [5, 5.41) is 1.07. The standard InChI is InChI=1S/C18H14N2O2/c21-17-12-16(18(22)20(17)14-7-2-1-3-8-14)19-11-10-13-6-4-5-9-15(13)19/h1-11,16H,12H2/t16-/m1/s1. The molecule has 0 radical (unpaired) electrons. The third kappa shape index (κ3) is 1.84. The molecule has 1 saturated heterocycles. The van der Waals surface area contributed by atoms with E-state index in [1.54, 1.807) is 12.1 Å². The van der Waals surface area contributed by atoms with Crippen molar-refractivity contribution >= 4 is 28.4 Å². The SMILES string of the molecule is O=C1C[C@@H](n2ccc3ccccc32)C(=O)N1c1ccccc1. The first-order valence-electron chi connectivity index (χ1n) is 7.23. The van der Waals surface area contributed by atoms with Gasteiger partial charge in [-0.25, -0.2) is 4.90 Å². The van der Waals surface area contributed by atoms with Gasteiger partial charge in [0.1, 0.15) is 6.04 Å². The lowest BCUT2D eigenvalue weighted by Gasteiger charge is -2.16. The molecule has 2 aromatic carbocycles. The molecule has 4 nitrogen and oxygen atoms in total. The fraction of sp³-hybridized carbons (Fsp3) is 0.111. The number of para-hydroxylation sites is 2. The van der Waals surface area contributed by atoms with E-state index >= 15 is 0 Å². The fourth-order valence-electron chi connectivity index (χ4n) is 3.06. The fourth-order valence-corrected chi connectivity index (χ4v) is 3.06. The Morgan fingerprint density at radius 1 is 0.864 bits per heavy atom. The minimum Gasteiger partial charge on any atom is -0.334 e. The average molecular weight is 290 g/mol. The van der Waals surface area contributed by atoms with Crippen LogP contribution in [0.1, 0.15) is 12.5 Å². The molecule has 2 amide bonds. The summed E-state index contributed by atoms with van der Waals surface area (Å²) < 4.78 is 1.90. The second kappa shape index (κ2) is 4.84. The van der Waals surface area contributed by atoms with Gasteiger partial charge in [0.2, 0.25) is 5.91 Å². The number of nitrogens with zero attached hydrogens (tertiary/aromatic N) is 2. The van der Waals surface area contributed by atoms with E-state index in [-0.39, 0.29) is 18.2 Å². The van der Waals surface area contributed by atoms with Gasteiger partial charge in [-0.2, -0.15) is 0 Å². The van der Waals surface area contributed by atoms with Crippen LogP contribution in [0.15, 0.2) is 66.9 Å². The van der Waals surface area contributed by atoms with Crippen LogP contribution in [-0.4, -0.2) is 16.4 Å². The van der Waals surface area contributed by atoms with E-state index in [0.717, 1.165) is 10.9 Å². The highest BCUT2D eigenvalue weighted by atomic mass is 16.2. The predicted octanol–water partition coefficient (Wildman–Crippen LogP) is 3.15. The Kier molecular flexibility index (Phi) is 2.82. The lowest BCUT2D eigenvalue weighted by atomic mass is 10.2. The topological polar surface area (TPSA) is 42.3 Å². The number of hydrogen-bond acceptors (Lipinski definition) is 2. The molecule has 1 fully saturated rings. The number of imide groups is 1. The van der Waals surface area contributed by atoms with Crippen molar-refractivity contribution in [2.45, 2.75) is 12.5 Å². The summed E-state index contributed by atoms with van der Waals surface area (Å²) in [5.74, 6) is -0.323. The van der Waals surface area contributed by atoms with Crippen LogP contribution in [0.25, 0.3) is 10.9 Å². The molecule has 4 heteroatoms. The van der Waals surface area contributed by atoms with Crippen LogP contribution in [-0.2, 0) is 9.59 Å². The molecule has 1 atom stereocenters. The Hall–Kier alpha value is -2.88. The molecule has 2 heterocycles. The molecule has 108 valence electrons. The van der Waals surface area contributed by atoms with Gasteiger partial charge in [-0.15, -0.1) is 0 Å². The van der Waals surface area contributed by atoms with Crippen LogP contribution in [0.3, 0.4) is 0 Å². The molecule has 0 unspecified atom stereocenters. The first-order chi connectivity index (χ1) is 10.8. The Morgan fingerprint density at radius 2 is 1.59 bits per heavy atom. The highest BCUT2D eigenvalue weighted by Gasteiger charge is 2.40. The first kappa shape index (κ1) is 12.8. The maximum atomic E-state index is 12.7. The number of carbonyl (C=O) groups is 2.